The summed E-state index contributed by atoms with van der Waals surface area (Å²) in [5, 5.41) is 2.36. The van der Waals surface area contributed by atoms with Crippen LogP contribution in [0.5, 0.6) is 0 Å². The van der Waals surface area contributed by atoms with Gasteiger partial charge in [-0.3, -0.25) is 5.43 Å². The number of benzene rings is 1. The lowest BCUT2D eigenvalue weighted by Crippen LogP contribution is -2.52. The zero-order valence-corrected chi connectivity index (χ0v) is 10.7. The summed E-state index contributed by atoms with van der Waals surface area (Å²) in [5.74, 6) is 0. The van der Waals surface area contributed by atoms with Crippen LogP contribution in [0.25, 0.3) is 0 Å². The van der Waals surface area contributed by atoms with E-state index < -0.39 is 0 Å². The molecule has 3 heteroatoms. The van der Waals surface area contributed by atoms with Crippen LogP contribution in [0.15, 0.2) is 30.3 Å². The van der Waals surface area contributed by atoms with E-state index in [1.165, 1.54) is 18.5 Å². The number of hydrogen-bond acceptors (Lipinski definition) is 3. The summed E-state index contributed by atoms with van der Waals surface area (Å²) in [6.07, 6.45) is 2.52. The zero-order chi connectivity index (χ0) is 11.9. The number of hydrazine groups is 1. The number of nitrogens with zero attached hydrogens (tertiary/aromatic N) is 2. The van der Waals surface area contributed by atoms with Crippen LogP contribution < -0.4 is 10.3 Å². The maximum Gasteiger partial charge on any atom is 0.0367 e. The number of anilines is 1. The molecule has 1 aliphatic heterocycles. The van der Waals surface area contributed by atoms with Gasteiger partial charge in [0.25, 0.3) is 0 Å². The normalized spacial score (nSPS) is 17.4. The highest BCUT2D eigenvalue weighted by molar-refractivity contribution is 5.46. The minimum atomic E-state index is 1.11. The molecular formula is C14H23N3. The monoisotopic (exact) mass is 233 g/mol. The Bertz CT molecular complexity index is 305. The predicted molar refractivity (Wildman–Crippen MR) is 73.1 cm³/mol. The molecule has 2 rings (SSSR count). The number of rotatable bonds is 5. The van der Waals surface area contributed by atoms with Crippen LogP contribution in [-0.4, -0.2) is 37.7 Å². The molecule has 1 aliphatic rings. The van der Waals surface area contributed by atoms with Crippen molar-refractivity contribution in [3.63, 3.8) is 0 Å². The second kappa shape index (κ2) is 6.62. The van der Waals surface area contributed by atoms with E-state index in [0.717, 1.165) is 32.7 Å². The van der Waals surface area contributed by atoms with Gasteiger partial charge in [-0.15, -0.1) is 0 Å². The van der Waals surface area contributed by atoms with Crippen molar-refractivity contribution in [1.82, 2.24) is 10.4 Å². The van der Waals surface area contributed by atoms with Crippen LogP contribution in [0, 0.1) is 0 Å². The third-order valence-corrected chi connectivity index (χ3v) is 3.27. The smallest absolute Gasteiger partial charge is 0.0367 e. The molecule has 0 aromatic heterocycles. The zero-order valence-electron chi connectivity index (χ0n) is 10.7. The van der Waals surface area contributed by atoms with Gasteiger partial charge in [-0.05, 0) is 18.6 Å². The highest BCUT2D eigenvalue weighted by Crippen LogP contribution is 2.14. The standard InChI is InChI=1S/C14H23N3/c1-2-3-9-15-17-12-10-16(11-13-17)14-7-5-4-6-8-14/h4-8,15H,2-3,9-13H2,1H3. The maximum absolute atomic E-state index is 3.50. The molecule has 17 heavy (non-hydrogen) atoms. The van der Waals surface area contributed by atoms with E-state index >= 15 is 0 Å². The first-order valence-electron chi connectivity index (χ1n) is 6.68. The van der Waals surface area contributed by atoms with Crippen molar-refractivity contribution in [2.45, 2.75) is 19.8 Å². The van der Waals surface area contributed by atoms with Gasteiger partial charge in [-0.1, -0.05) is 31.5 Å². The quantitative estimate of drug-likeness (QED) is 0.786. The van der Waals surface area contributed by atoms with E-state index in [1.807, 2.05) is 0 Å². The molecule has 1 aromatic rings. The largest absolute Gasteiger partial charge is 0.369 e. The molecule has 0 atom stereocenters. The summed E-state index contributed by atoms with van der Waals surface area (Å²) < 4.78 is 0. The Morgan fingerprint density at radius 1 is 1.06 bits per heavy atom. The molecule has 1 fully saturated rings. The number of nitrogens with one attached hydrogen (secondary N) is 1. The lowest BCUT2D eigenvalue weighted by molar-refractivity contribution is 0.175. The molecule has 0 radical (unpaired) electrons. The van der Waals surface area contributed by atoms with Gasteiger partial charge in [0.05, 0.1) is 0 Å². The minimum absolute atomic E-state index is 1.11. The van der Waals surface area contributed by atoms with Crippen molar-refractivity contribution in [3.8, 4) is 0 Å². The Kier molecular flexibility index (Phi) is 4.83. The Hall–Kier alpha value is -1.06. The molecule has 0 spiro atoms. The first kappa shape index (κ1) is 12.4. The van der Waals surface area contributed by atoms with Crippen LogP contribution >= 0.6 is 0 Å². The highest BCUT2D eigenvalue weighted by Gasteiger charge is 2.15. The van der Waals surface area contributed by atoms with Crippen LogP contribution in [0.1, 0.15) is 19.8 Å². The third-order valence-electron chi connectivity index (χ3n) is 3.27. The molecule has 0 aliphatic carbocycles. The van der Waals surface area contributed by atoms with Crippen molar-refractivity contribution in [3.05, 3.63) is 30.3 Å². The third kappa shape index (κ3) is 3.72. The first-order valence-corrected chi connectivity index (χ1v) is 6.68. The summed E-state index contributed by atoms with van der Waals surface area (Å²) in [7, 11) is 0. The number of piperazine rings is 1. The van der Waals surface area contributed by atoms with E-state index in [-0.39, 0.29) is 0 Å². The molecule has 1 N–H and O–H groups in total. The number of hydrogen-bond donors (Lipinski definition) is 1. The van der Waals surface area contributed by atoms with Gasteiger partial charge in [0, 0.05) is 38.4 Å². The van der Waals surface area contributed by atoms with Crippen molar-refractivity contribution >= 4 is 5.69 Å². The van der Waals surface area contributed by atoms with Gasteiger partial charge < -0.3 is 4.90 Å². The van der Waals surface area contributed by atoms with Gasteiger partial charge in [0.15, 0.2) is 0 Å². The molecular weight excluding hydrogens is 210 g/mol. The van der Waals surface area contributed by atoms with Gasteiger partial charge >= 0.3 is 0 Å². The van der Waals surface area contributed by atoms with E-state index in [1.54, 1.807) is 0 Å². The molecule has 0 unspecified atom stereocenters. The van der Waals surface area contributed by atoms with Crippen molar-refractivity contribution in [2.24, 2.45) is 0 Å². The Morgan fingerprint density at radius 2 is 1.76 bits per heavy atom. The molecule has 0 saturated carbocycles. The Labute approximate surface area is 104 Å². The van der Waals surface area contributed by atoms with Gasteiger partial charge in [0.2, 0.25) is 0 Å². The average molecular weight is 233 g/mol. The molecule has 0 amide bonds. The topological polar surface area (TPSA) is 18.5 Å². The molecule has 0 bridgehead atoms. The van der Waals surface area contributed by atoms with Crippen LogP contribution in [0.2, 0.25) is 0 Å². The first-order chi connectivity index (χ1) is 8.40. The van der Waals surface area contributed by atoms with E-state index in [2.05, 4.69) is 52.6 Å². The van der Waals surface area contributed by atoms with Crippen molar-refractivity contribution in [2.75, 3.05) is 37.6 Å². The molecule has 94 valence electrons. The SMILES string of the molecule is CCCCNN1CCN(c2ccccc2)CC1. The molecule has 1 saturated heterocycles. The lowest BCUT2D eigenvalue weighted by atomic mass is 10.2. The summed E-state index contributed by atoms with van der Waals surface area (Å²) in [6, 6.07) is 10.7. The summed E-state index contributed by atoms with van der Waals surface area (Å²) in [6.45, 7) is 7.79. The van der Waals surface area contributed by atoms with Gasteiger partial charge in [-0.25, -0.2) is 5.01 Å². The van der Waals surface area contributed by atoms with E-state index in [0.29, 0.717) is 0 Å². The van der Waals surface area contributed by atoms with E-state index in [4.69, 9.17) is 0 Å². The van der Waals surface area contributed by atoms with E-state index in [9.17, 15) is 0 Å². The number of unbranched alkanes of at least 4 members (excludes halogenated alkanes) is 1. The van der Waals surface area contributed by atoms with Gasteiger partial charge in [-0.2, -0.15) is 0 Å². The Balaban J connectivity index is 1.74. The maximum atomic E-state index is 3.50. The highest BCUT2D eigenvalue weighted by atomic mass is 15.5. The fourth-order valence-corrected chi connectivity index (χ4v) is 2.18. The van der Waals surface area contributed by atoms with Crippen molar-refractivity contribution < 1.29 is 0 Å². The molecule has 1 aromatic carbocycles. The lowest BCUT2D eigenvalue weighted by Gasteiger charge is -2.36. The second-order valence-electron chi connectivity index (χ2n) is 4.57. The second-order valence-corrected chi connectivity index (χ2v) is 4.57. The van der Waals surface area contributed by atoms with Crippen LogP contribution in [0.4, 0.5) is 5.69 Å². The fourth-order valence-electron chi connectivity index (χ4n) is 2.18. The number of para-hydroxylation sites is 1. The average Bonchev–Trinajstić information content (AvgIpc) is 2.41. The van der Waals surface area contributed by atoms with Crippen LogP contribution in [-0.2, 0) is 0 Å². The fraction of sp³-hybridized carbons (Fsp3) is 0.571. The predicted octanol–water partition coefficient (Wildman–Crippen LogP) is 2.11. The summed E-state index contributed by atoms with van der Waals surface area (Å²) in [4.78, 5) is 2.46. The van der Waals surface area contributed by atoms with Crippen LogP contribution in [0.3, 0.4) is 0 Å². The Morgan fingerprint density at radius 3 is 2.41 bits per heavy atom. The van der Waals surface area contributed by atoms with Crippen molar-refractivity contribution in [1.29, 1.82) is 0 Å². The molecule has 3 nitrogen and oxygen atoms in total. The molecule has 1 heterocycles. The summed E-state index contributed by atoms with van der Waals surface area (Å²) in [5.41, 5.74) is 4.85. The minimum Gasteiger partial charge on any atom is -0.369 e. The van der Waals surface area contributed by atoms with Gasteiger partial charge in [0.1, 0.15) is 0 Å². The summed E-state index contributed by atoms with van der Waals surface area (Å²) >= 11 is 0.